The van der Waals surface area contributed by atoms with E-state index in [1.54, 1.807) is 0 Å². The van der Waals surface area contributed by atoms with Crippen LogP contribution in [-0.4, -0.2) is 5.97 Å². The van der Waals surface area contributed by atoms with Gasteiger partial charge in [0.1, 0.15) is 0 Å². The maximum atomic E-state index is 10.2. The molecular weight excluding hydrogens is 155 g/mol. The van der Waals surface area contributed by atoms with E-state index in [1.165, 1.54) is 6.42 Å². The van der Waals surface area contributed by atoms with Crippen molar-refractivity contribution in [1.82, 2.24) is 0 Å². The minimum atomic E-state index is -0.852. The molecule has 0 saturated heterocycles. The van der Waals surface area contributed by atoms with Crippen molar-refractivity contribution in [2.75, 3.05) is 0 Å². The molecule has 10 heavy (non-hydrogen) atoms. The summed E-state index contributed by atoms with van der Waals surface area (Å²) >= 11 is 0. The Morgan fingerprint density at radius 3 is 2.00 bits per heavy atom. The van der Waals surface area contributed by atoms with Gasteiger partial charge in [-0.25, -0.2) is 0 Å². The topological polar surface area (TPSA) is 40.1 Å². The standard InChI is InChI=1S/C7H12O2.K/c8-7(9)6-4-2-1-3-5-6;/h6H,1-5H2,(H,8,9);/q;+1/p-1. The number of carbonyl (C=O) groups is 1. The molecule has 0 spiro atoms. The minimum absolute atomic E-state index is 0. The summed E-state index contributed by atoms with van der Waals surface area (Å²) in [4.78, 5) is 10.2. The van der Waals surface area contributed by atoms with Crippen LogP contribution in [0.4, 0.5) is 0 Å². The third kappa shape index (κ3) is 3.48. The van der Waals surface area contributed by atoms with E-state index < -0.39 is 5.97 Å². The van der Waals surface area contributed by atoms with Gasteiger partial charge in [0.2, 0.25) is 0 Å². The van der Waals surface area contributed by atoms with Gasteiger partial charge in [0.25, 0.3) is 0 Å². The first kappa shape index (κ1) is 11.1. The molecular formula is C7H11KO2. The zero-order valence-electron chi connectivity index (χ0n) is 6.43. The molecule has 0 atom stereocenters. The zero-order chi connectivity index (χ0) is 6.69. The van der Waals surface area contributed by atoms with Crippen LogP contribution in [0.3, 0.4) is 0 Å². The quantitative estimate of drug-likeness (QED) is 0.398. The number of hydrogen-bond acceptors (Lipinski definition) is 2. The molecule has 52 valence electrons. The zero-order valence-corrected chi connectivity index (χ0v) is 9.55. The van der Waals surface area contributed by atoms with Crippen LogP contribution in [0.1, 0.15) is 32.1 Å². The molecule has 1 fully saturated rings. The first-order chi connectivity index (χ1) is 4.30. The number of carbonyl (C=O) groups excluding carboxylic acids is 1. The number of hydrogen-bond donors (Lipinski definition) is 0. The van der Waals surface area contributed by atoms with Crippen LogP contribution in [0.5, 0.6) is 0 Å². The molecule has 0 unspecified atom stereocenters. The fourth-order valence-corrected chi connectivity index (χ4v) is 1.34. The number of aliphatic carboxylic acids is 1. The van der Waals surface area contributed by atoms with E-state index in [4.69, 9.17) is 0 Å². The van der Waals surface area contributed by atoms with Gasteiger partial charge in [-0.05, 0) is 18.8 Å². The van der Waals surface area contributed by atoms with Gasteiger partial charge in [-0.2, -0.15) is 0 Å². The molecule has 0 aromatic rings. The Morgan fingerprint density at radius 2 is 1.70 bits per heavy atom. The Balaban J connectivity index is 0.000000810. The molecule has 0 aliphatic heterocycles. The SMILES string of the molecule is O=C([O-])C1CCCCC1.[K+]. The van der Waals surface area contributed by atoms with E-state index in [9.17, 15) is 9.90 Å². The third-order valence-corrected chi connectivity index (χ3v) is 1.94. The summed E-state index contributed by atoms with van der Waals surface area (Å²) in [6.45, 7) is 0. The van der Waals surface area contributed by atoms with Crippen LogP contribution in [0, 0.1) is 5.92 Å². The number of rotatable bonds is 1. The molecule has 0 N–H and O–H groups in total. The van der Waals surface area contributed by atoms with E-state index in [1.807, 2.05) is 0 Å². The van der Waals surface area contributed by atoms with Crippen LogP contribution in [0.2, 0.25) is 0 Å². The first-order valence-electron chi connectivity index (χ1n) is 3.51. The van der Waals surface area contributed by atoms with Crippen LogP contribution in [0.15, 0.2) is 0 Å². The smallest absolute Gasteiger partial charge is 0.550 e. The maximum Gasteiger partial charge on any atom is 1.00 e. The van der Waals surface area contributed by atoms with Crippen LogP contribution < -0.4 is 56.5 Å². The van der Waals surface area contributed by atoms with Gasteiger partial charge in [0, 0.05) is 5.97 Å². The molecule has 1 aliphatic carbocycles. The van der Waals surface area contributed by atoms with E-state index in [-0.39, 0.29) is 57.3 Å². The number of carboxylic acid groups (broad SMARTS) is 1. The van der Waals surface area contributed by atoms with Crippen molar-refractivity contribution in [2.45, 2.75) is 32.1 Å². The third-order valence-electron chi connectivity index (χ3n) is 1.94. The predicted molar refractivity (Wildman–Crippen MR) is 31.6 cm³/mol. The Morgan fingerprint density at radius 1 is 1.20 bits per heavy atom. The molecule has 2 nitrogen and oxygen atoms in total. The van der Waals surface area contributed by atoms with Crippen LogP contribution in [-0.2, 0) is 4.79 Å². The summed E-state index contributed by atoms with van der Waals surface area (Å²) in [5, 5.41) is 10.2. The monoisotopic (exact) mass is 166 g/mol. The molecule has 0 bridgehead atoms. The summed E-state index contributed by atoms with van der Waals surface area (Å²) in [6.07, 6.45) is 5.01. The second-order valence-corrected chi connectivity index (χ2v) is 2.65. The van der Waals surface area contributed by atoms with E-state index in [0.29, 0.717) is 0 Å². The van der Waals surface area contributed by atoms with Crippen molar-refractivity contribution in [3.8, 4) is 0 Å². The predicted octanol–water partition coefficient (Wildman–Crippen LogP) is -2.68. The Hall–Kier alpha value is 1.11. The molecule has 0 heterocycles. The summed E-state index contributed by atoms with van der Waals surface area (Å²) in [5.74, 6) is -0.992. The van der Waals surface area contributed by atoms with Gasteiger partial charge in [-0.3, -0.25) is 0 Å². The van der Waals surface area contributed by atoms with Crippen molar-refractivity contribution in [3.63, 3.8) is 0 Å². The summed E-state index contributed by atoms with van der Waals surface area (Å²) in [6, 6.07) is 0. The average molecular weight is 166 g/mol. The first-order valence-corrected chi connectivity index (χ1v) is 3.51. The Labute approximate surface area is 104 Å². The van der Waals surface area contributed by atoms with E-state index in [0.717, 1.165) is 25.7 Å². The average Bonchev–Trinajstić information content (AvgIpc) is 1.90. The van der Waals surface area contributed by atoms with Crippen molar-refractivity contribution < 1.29 is 61.3 Å². The molecule has 0 aromatic heterocycles. The van der Waals surface area contributed by atoms with Crippen molar-refractivity contribution >= 4 is 5.97 Å². The summed E-state index contributed by atoms with van der Waals surface area (Å²) in [5.41, 5.74) is 0. The van der Waals surface area contributed by atoms with Crippen molar-refractivity contribution in [3.05, 3.63) is 0 Å². The van der Waals surface area contributed by atoms with Crippen LogP contribution in [0.25, 0.3) is 0 Å². The molecule has 1 aliphatic rings. The van der Waals surface area contributed by atoms with E-state index in [2.05, 4.69) is 0 Å². The van der Waals surface area contributed by atoms with Gasteiger partial charge in [0.05, 0.1) is 0 Å². The molecule has 1 rings (SSSR count). The Kier molecular flexibility index (Phi) is 6.35. The molecule has 0 radical (unpaired) electrons. The van der Waals surface area contributed by atoms with Gasteiger partial charge >= 0.3 is 51.4 Å². The van der Waals surface area contributed by atoms with E-state index >= 15 is 0 Å². The van der Waals surface area contributed by atoms with Crippen molar-refractivity contribution in [1.29, 1.82) is 0 Å². The second-order valence-electron chi connectivity index (χ2n) is 2.65. The molecule has 0 amide bonds. The fraction of sp³-hybridized carbons (Fsp3) is 0.857. The second kappa shape index (κ2) is 5.72. The van der Waals surface area contributed by atoms with Gasteiger partial charge in [-0.1, -0.05) is 19.3 Å². The largest absolute Gasteiger partial charge is 1.00 e. The molecule has 0 aromatic carbocycles. The minimum Gasteiger partial charge on any atom is -0.550 e. The Bertz CT molecular complexity index is 108. The maximum absolute atomic E-state index is 10.2. The summed E-state index contributed by atoms with van der Waals surface area (Å²) in [7, 11) is 0. The van der Waals surface area contributed by atoms with Gasteiger partial charge < -0.3 is 9.90 Å². The number of carboxylic acids is 1. The fourth-order valence-electron chi connectivity index (χ4n) is 1.34. The molecule has 1 saturated carbocycles. The van der Waals surface area contributed by atoms with Crippen LogP contribution >= 0.6 is 0 Å². The molecule has 3 heteroatoms. The summed E-state index contributed by atoms with van der Waals surface area (Å²) < 4.78 is 0. The van der Waals surface area contributed by atoms with Gasteiger partial charge in [-0.15, -0.1) is 0 Å². The van der Waals surface area contributed by atoms with Gasteiger partial charge in [0.15, 0.2) is 0 Å². The normalized spacial score (nSPS) is 19.6. The van der Waals surface area contributed by atoms with Crippen molar-refractivity contribution in [2.24, 2.45) is 5.92 Å².